The molecule has 0 saturated heterocycles. The standard InChI is InChI=1S/C14H13O3PS/c1-8-9(2)19-10(3)13(8)14(15)11-5-4-6-12(7-11)18(16)17/h4-7H,1-3H3/p+1. The Morgan fingerprint density at radius 2 is 1.89 bits per heavy atom. The molecule has 0 saturated carbocycles. The zero-order valence-electron chi connectivity index (χ0n) is 10.9. The molecule has 1 aromatic heterocycles. The summed E-state index contributed by atoms with van der Waals surface area (Å²) < 4.78 is 11.1. The Bertz CT molecular complexity index is 673. The molecular weight excluding hydrogens is 279 g/mol. The third kappa shape index (κ3) is 2.66. The average Bonchev–Trinajstić information content (AvgIpc) is 2.62. The number of ketones is 1. The average molecular weight is 293 g/mol. The number of rotatable bonds is 3. The summed E-state index contributed by atoms with van der Waals surface area (Å²) in [5.74, 6) is -0.0851. The largest absolute Gasteiger partial charge is 0.546 e. The van der Waals surface area contributed by atoms with Crippen molar-refractivity contribution in [3.8, 4) is 0 Å². The van der Waals surface area contributed by atoms with Crippen molar-refractivity contribution in [1.82, 2.24) is 0 Å². The maximum atomic E-state index is 12.5. The van der Waals surface area contributed by atoms with E-state index in [4.69, 9.17) is 4.89 Å². The molecule has 0 fully saturated rings. The monoisotopic (exact) mass is 293 g/mol. The molecule has 0 bridgehead atoms. The van der Waals surface area contributed by atoms with Crippen LogP contribution < -0.4 is 5.30 Å². The quantitative estimate of drug-likeness (QED) is 0.698. The van der Waals surface area contributed by atoms with Crippen molar-refractivity contribution in [1.29, 1.82) is 0 Å². The van der Waals surface area contributed by atoms with E-state index in [1.807, 2.05) is 20.8 Å². The van der Waals surface area contributed by atoms with Crippen LogP contribution in [0.2, 0.25) is 0 Å². The molecular formula is C14H14O3PS+. The fraction of sp³-hybridized carbons (Fsp3) is 0.214. The van der Waals surface area contributed by atoms with E-state index < -0.39 is 8.03 Å². The van der Waals surface area contributed by atoms with Gasteiger partial charge in [0, 0.05) is 26.9 Å². The van der Waals surface area contributed by atoms with Crippen molar-refractivity contribution in [3.63, 3.8) is 0 Å². The normalized spacial score (nSPS) is 11.5. The maximum absolute atomic E-state index is 12.5. The Kier molecular flexibility index (Phi) is 3.95. The van der Waals surface area contributed by atoms with Crippen LogP contribution in [0.1, 0.15) is 31.2 Å². The van der Waals surface area contributed by atoms with Crippen LogP contribution >= 0.6 is 19.4 Å². The van der Waals surface area contributed by atoms with E-state index in [-0.39, 0.29) is 11.1 Å². The summed E-state index contributed by atoms with van der Waals surface area (Å²) >= 11 is 1.60. The molecule has 0 aliphatic carbocycles. The van der Waals surface area contributed by atoms with Crippen LogP contribution in [0.4, 0.5) is 0 Å². The predicted molar refractivity (Wildman–Crippen MR) is 77.9 cm³/mol. The van der Waals surface area contributed by atoms with Gasteiger partial charge in [0.15, 0.2) is 5.78 Å². The Hall–Kier alpha value is -1.35. The summed E-state index contributed by atoms with van der Waals surface area (Å²) in [5, 5.41) is 0.281. The van der Waals surface area contributed by atoms with E-state index in [1.165, 1.54) is 6.07 Å². The fourth-order valence-corrected chi connectivity index (χ4v) is 3.56. The molecule has 5 heteroatoms. The summed E-state index contributed by atoms with van der Waals surface area (Å²) in [6, 6.07) is 6.35. The molecule has 0 aliphatic rings. The number of carbonyl (C=O) groups excluding carboxylic acids is 1. The van der Waals surface area contributed by atoms with E-state index in [2.05, 4.69) is 0 Å². The van der Waals surface area contributed by atoms with Crippen molar-refractivity contribution in [2.45, 2.75) is 20.8 Å². The molecule has 1 N–H and O–H groups in total. The lowest BCUT2D eigenvalue weighted by Crippen LogP contribution is -2.07. The molecule has 98 valence electrons. The molecule has 2 aromatic rings. The van der Waals surface area contributed by atoms with Crippen LogP contribution in [0.15, 0.2) is 24.3 Å². The summed E-state index contributed by atoms with van der Waals surface area (Å²) in [4.78, 5) is 23.7. The number of carbonyl (C=O) groups is 1. The first kappa shape index (κ1) is 14.1. The van der Waals surface area contributed by atoms with E-state index in [1.54, 1.807) is 29.5 Å². The smallest absolute Gasteiger partial charge is 0.289 e. The highest BCUT2D eigenvalue weighted by atomic mass is 32.1. The lowest BCUT2D eigenvalue weighted by atomic mass is 10.00. The first-order valence-electron chi connectivity index (χ1n) is 5.79. The minimum atomic E-state index is -2.42. The number of aryl methyl sites for hydroxylation is 2. The van der Waals surface area contributed by atoms with Gasteiger partial charge in [-0.25, -0.2) is 0 Å². The van der Waals surface area contributed by atoms with Crippen molar-refractivity contribution >= 4 is 30.5 Å². The number of thiophene rings is 1. The van der Waals surface area contributed by atoms with Gasteiger partial charge >= 0.3 is 8.03 Å². The van der Waals surface area contributed by atoms with Crippen molar-refractivity contribution in [2.75, 3.05) is 0 Å². The first-order chi connectivity index (χ1) is 8.91. The molecule has 19 heavy (non-hydrogen) atoms. The highest BCUT2D eigenvalue weighted by Gasteiger charge is 2.22. The van der Waals surface area contributed by atoms with Gasteiger partial charge in [0.2, 0.25) is 5.30 Å². The summed E-state index contributed by atoms with van der Waals surface area (Å²) in [6.45, 7) is 5.85. The molecule has 1 atom stereocenters. The van der Waals surface area contributed by atoms with Gasteiger partial charge in [0.25, 0.3) is 0 Å². The third-order valence-electron chi connectivity index (χ3n) is 3.12. The Morgan fingerprint density at radius 3 is 2.42 bits per heavy atom. The summed E-state index contributed by atoms with van der Waals surface area (Å²) in [7, 11) is -2.42. The van der Waals surface area contributed by atoms with Crippen LogP contribution in [0.3, 0.4) is 0 Å². The third-order valence-corrected chi connectivity index (χ3v) is 4.96. The van der Waals surface area contributed by atoms with Gasteiger partial charge in [-0.2, -0.15) is 4.89 Å². The molecule has 1 unspecified atom stereocenters. The molecule has 0 aliphatic heterocycles. The molecule has 3 nitrogen and oxygen atoms in total. The van der Waals surface area contributed by atoms with Crippen LogP contribution in [0.5, 0.6) is 0 Å². The van der Waals surface area contributed by atoms with E-state index in [0.29, 0.717) is 11.1 Å². The zero-order chi connectivity index (χ0) is 14.2. The highest BCUT2D eigenvalue weighted by molar-refractivity contribution is 7.47. The van der Waals surface area contributed by atoms with Crippen molar-refractivity contribution in [2.24, 2.45) is 0 Å². The molecule has 0 spiro atoms. The number of hydrogen-bond acceptors (Lipinski definition) is 3. The Morgan fingerprint density at radius 1 is 1.21 bits per heavy atom. The van der Waals surface area contributed by atoms with E-state index in [9.17, 15) is 9.36 Å². The fourth-order valence-electron chi connectivity index (χ4n) is 2.04. The van der Waals surface area contributed by atoms with Gasteiger partial charge in [0.05, 0.1) is 0 Å². The molecule has 0 radical (unpaired) electrons. The predicted octanol–water partition coefficient (Wildman–Crippen LogP) is 3.26. The molecule has 1 heterocycles. The molecule has 0 amide bonds. The summed E-state index contributed by atoms with van der Waals surface area (Å²) in [6.07, 6.45) is 0. The van der Waals surface area contributed by atoms with Gasteiger partial charge in [-0.1, -0.05) is 12.1 Å². The minimum absolute atomic E-state index is 0.0851. The number of benzene rings is 1. The topological polar surface area (TPSA) is 54.4 Å². The zero-order valence-corrected chi connectivity index (χ0v) is 12.6. The second kappa shape index (κ2) is 5.33. The van der Waals surface area contributed by atoms with E-state index >= 15 is 0 Å². The summed E-state index contributed by atoms with van der Waals surface area (Å²) in [5.41, 5.74) is 2.16. The first-order valence-corrected chi connectivity index (χ1v) is 7.82. The second-order valence-electron chi connectivity index (χ2n) is 4.37. The van der Waals surface area contributed by atoms with Crippen LogP contribution in [-0.4, -0.2) is 10.7 Å². The van der Waals surface area contributed by atoms with Crippen LogP contribution in [0.25, 0.3) is 0 Å². The lowest BCUT2D eigenvalue weighted by Gasteiger charge is -2.02. The van der Waals surface area contributed by atoms with Gasteiger partial charge in [0.1, 0.15) is 0 Å². The Labute approximate surface area is 116 Å². The molecule has 1 aromatic carbocycles. The molecule has 2 rings (SSSR count). The second-order valence-corrected chi connectivity index (χ2v) is 6.86. The SMILES string of the molecule is Cc1sc(C)c(C(=O)c2cccc([P+](=O)O)c2)c1C. The maximum Gasteiger partial charge on any atom is 0.546 e. The van der Waals surface area contributed by atoms with Crippen LogP contribution in [0, 0.1) is 20.8 Å². The number of hydrogen-bond donors (Lipinski definition) is 1. The minimum Gasteiger partial charge on any atom is -0.289 e. The van der Waals surface area contributed by atoms with Crippen molar-refractivity contribution < 1.29 is 14.3 Å². The lowest BCUT2D eigenvalue weighted by molar-refractivity contribution is 0.103. The van der Waals surface area contributed by atoms with Gasteiger partial charge < -0.3 is 0 Å². The van der Waals surface area contributed by atoms with Gasteiger partial charge in [-0.3, -0.25) is 4.79 Å². The van der Waals surface area contributed by atoms with Gasteiger partial charge in [-0.15, -0.1) is 11.3 Å². The highest BCUT2D eigenvalue weighted by Crippen LogP contribution is 2.28. The Balaban J connectivity index is 2.50. The van der Waals surface area contributed by atoms with Gasteiger partial charge in [-0.05, 0) is 37.0 Å². The van der Waals surface area contributed by atoms with E-state index in [0.717, 1.165) is 15.3 Å². The van der Waals surface area contributed by atoms with Crippen LogP contribution in [-0.2, 0) is 4.57 Å². The van der Waals surface area contributed by atoms with Crippen molar-refractivity contribution in [3.05, 3.63) is 50.7 Å².